The Hall–Kier alpha value is -3.11. The summed E-state index contributed by atoms with van der Waals surface area (Å²) in [5.41, 5.74) is -1.79. The fourth-order valence-corrected chi connectivity index (χ4v) is 10.4. The van der Waals surface area contributed by atoms with Crippen LogP contribution in [0.25, 0.3) is 0 Å². The number of ether oxygens (including phenoxy) is 5. The van der Waals surface area contributed by atoms with Crippen LogP contribution in [0.3, 0.4) is 0 Å². The SMILES string of the molecule is COc1cc(C(=O)N2C[C@H](OCC34CC5C(CC[C@H]5C)[C@@]5(C=O)CC3C=C(C(C)C)C45C(=O)O)O[C@H](C)C2)cc(OC)c1OC. The number of aldehydes is 1. The van der Waals surface area contributed by atoms with Crippen molar-refractivity contribution in [1.82, 2.24) is 4.90 Å². The van der Waals surface area contributed by atoms with Crippen molar-refractivity contribution in [2.24, 2.45) is 45.8 Å². The standard InChI is InChI=1S/C35H47NO9/c1-19(2)26-12-23-13-33(17-37)25-9-8-20(3)24(25)14-34(23,35(26,33)32(39)40)18-44-29-16-36(15-21(4)45-29)31(38)22-10-27(41-5)30(43-7)28(11-22)42-6/h10-12,17,19-21,23-25,29H,8-9,13-16,18H2,1-7H3,(H,39,40)/t20-,21-,23?,24?,25?,29-,33+,34?,35?/m1/s1. The van der Waals surface area contributed by atoms with E-state index in [2.05, 4.69) is 13.0 Å². The summed E-state index contributed by atoms with van der Waals surface area (Å²) in [7, 11) is 4.52. The van der Waals surface area contributed by atoms with Crippen LogP contribution in [-0.4, -0.2) is 81.6 Å². The molecule has 9 atom stereocenters. The monoisotopic (exact) mass is 625 g/mol. The van der Waals surface area contributed by atoms with Gasteiger partial charge in [-0.3, -0.25) is 9.59 Å². The number of aliphatic carboxylic acids is 1. The van der Waals surface area contributed by atoms with E-state index in [1.165, 1.54) is 21.3 Å². The molecule has 3 saturated carbocycles. The molecule has 45 heavy (non-hydrogen) atoms. The molecule has 0 aromatic heterocycles. The number of carboxylic acids is 1. The summed E-state index contributed by atoms with van der Waals surface area (Å²) >= 11 is 0. The van der Waals surface area contributed by atoms with Crippen molar-refractivity contribution in [3.05, 3.63) is 29.3 Å². The van der Waals surface area contributed by atoms with Crippen LogP contribution in [0.1, 0.15) is 63.7 Å². The van der Waals surface area contributed by atoms with Gasteiger partial charge in [-0.25, -0.2) is 0 Å². The summed E-state index contributed by atoms with van der Waals surface area (Å²) < 4.78 is 29.2. The smallest absolute Gasteiger partial charge is 0.315 e. The molecular weight excluding hydrogens is 578 g/mol. The van der Waals surface area contributed by atoms with Gasteiger partial charge in [-0.1, -0.05) is 38.8 Å². The van der Waals surface area contributed by atoms with Crippen LogP contribution in [-0.2, 0) is 19.1 Å². The number of methoxy groups -OCH3 is 3. The lowest BCUT2D eigenvalue weighted by Crippen LogP contribution is -2.64. The Morgan fingerprint density at radius 3 is 2.33 bits per heavy atom. The van der Waals surface area contributed by atoms with Gasteiger partial charge in [-0.05, 0) is 67.9 Å². The highest BCUT2D eigenvalue weighted by atomic mass is 16.7. The summed E-state index contributed by atoms with van der Waals surface area (Å²) in [5.74, 6) is 0.664. The van der Waals surface area contributed by atoms with Gasteiger partial charge in [0.2, 0.25) is 5.75 Å². The van der Waals surface area contributed by atoms with Crippen LogP contribution in [0.5, 0.6) is 17.2 Å². The second-order valence-corrected chi connectivity index (χ2v) is 14.3. The zero-order chi connectivity index (χ0) is 32.5. The molecule has 1 saturated heterocycles. The quantitative estimate of drug-likeness (QED) is 0.288. The second kappa shape index (κ2) is 11.3. The van der Waals surface area contributed by atoms with Gasteiger partial charge in [0.25, 0.3) is 5.91 Å². The topological polar surface area (TPSA) is 121 Å². The molecule has 0 spiro atoms. The molecule has 1 amide bonds. The lowest BCUT2D eigenvalue weighted by atomic mass is 9.43. The van der Waals surface area contributed by atoms with Gasteiger partial charge < -0.3 is 38.5 Å². The predicted molar refractivity (Wildman–Crippen MR) is 164 cm³/mol. The van der Waals surface area contributed by atoms with Gasteiger partial charge in [0.15, 0.2) is 17.8 Å². The number of allylic oxidation sites excluding steroid dienone is 1. The summed E-state index contributed by atoms with van der Waals surface area (Å²) in [5, 5.41) is 11.2. The summed E-state index contributed by atoms with van der Waals surface area (Å²) in [4.78, 5) is 42.5. The largest absolute Gasteiger partial charge is 0.493 e. The van der Waals surface area contributed by atoms with Gasteiger partial charge >= 0.3 is 5.97 Å². The fraction of sp³-hybridized carbons (Fsp3) is 0.686. The van der Waals surface area contributed by atoms with E-state index in [0.717, 1.165) is 24.7 Å². The van der Waals surface area contributed by atoms with Gasteiger partial charge in [-0.15, -0.1) is 0 Å². The van der Waals surface area contributed by atoms with Crippen molar-refractivity contribution in [1.29, 1.82) is 0 Å². The lowest BCUT2D eigenvalue weighted by molar-refractivity contribution is -0.232. The maximum Gasteiger partial charge on any atom is 0.315 e. The number of fused-ring (bicyclic) bond motifs is 2. The molecule has 4 fully saturated rings. The van der Waals surface area contributed by atoms with Crippen molar-refractivity contribution in [3.63, 3.8) is 0 Å². The van der Waals surface area contributed by atoms with E-state index in [1.54, 1.807) is 17.0 Å². The van der Waals surface area contributed by atoms with E-state index >= 15 is 0 Å². The molecule has 1 aromatic rings. The number of carboxylic acid groups (broad SMARTS) is 1. The molecule has 4 bridgehead atoms. The number of morpholine rings is 1. The van der Waals surface area contributed by atoms with E-state index in [0.29, 0.717) is 48.1 Å². The maximum absolute atomic E-state index is 13.8. The molecule has 0 radical (unpaired) electrons. The van der Waals surface area contributed by atoms with Crippen LogP contribution in [0, 0.1) is 45.8 Å². The highest BCUT2D eigenvalue weighted by Crippen LogP contribution is 2.82. The zero-order valence-electron chi connectivity index (χ0n) is 27.5. The van der Waals surface area contributed by atoms with Gasteiger partial charge in [0.1, 0.15) is 11.7 Å². The van der Waals surface area contributed by atoms with Crippen molar-refractivity contribution in [3.8, 4) is 17.2 Å². The molecule has 1 heterocycles. The van der Waals surface area contributed by atoms with Crippen LogP contribution in [0.4, 0.5) is 0 Å². The number of nitrogens with zero attached hydrogens (tertiary/aromatic N) is 1. The lowest BCUT2D eigenvalue weighted by Gasteiger charge is -2.58. The molecule has 1 aliphatic heterocycles. The van der Waals surface area contributed by atoms with E-state index in [4.69, 9.17) is 23.7 Å². The van der Waals surface area contributed by atoms with E-state index < -0.39 is 28.5 Å². The minimum absolute atomic E-state index is 0.0157. The number of carbonyl (C=O) groups excluding carboxylic acids is 2. The van der Waals surface area contributed by atoms with Gasteiger partial charge in [0.05, 0.1) is 46.0 Å². The highest BCUT2D eigenvalue weighted by molar-refractivity contribution is 5.96. The maximum atomic E-state index is 13.8. The Morgan fingerprint density at radius 2 is 1.76 bits per heavy atom. The Morgan fingerprint density at radius 1 is 1.07 bits per heavy atom. The Labute approximate surface area is 265 Å². The third-order valence-electron chi connectivity index (χ3n) is 12.1. The molecule has 5 unspecified atom stereocenters. The van der Waals surface area contributed by atoms with E-state index in [1.807, 2.05) is 20.8 Å². The molecule has 6 rings (SSSR count). The second-order valence-electron chi connectivity index (χ2n) is 14.3. The van der Waals surface area contributed by atoms with Gasteiger partial charge in [-0.2, -0.15) is 0 Å². The number of hydrogen-bond donors (Lipinski definition) is 1. The number of amides is 1. The van der Waals surface area contributed by atoms with E-state index in [9.17, 15) is 19.5 Å². The predicted octanol–water partition coefficient (Wildman–Crippen LogP) is 4.84. The third kappa shape index (κ3) is 4.23. The normalized spacial score (nSPS) is 38.1. The summed E-state index contributed by atoms with van der Waals surface area (Å²) in [6.07, 6.45) is 5.26. The first-order valence-electron chi connectivity index (χ1n) is 16.2. The minimum Gasteiger partial charge on any atom is -0.493 e. The van der Waals surface area contributed by atoms with Crippen molar-refractivity contribution in [2.75, 3.05) is 41.0 Å². The van der Waals surface area contributed by atoms with Crippen LogP contribution in [0.15, 0.2) is 23.8 Å². The third-order valence-corrected chi connectivity index (χ3v) is 12.1. The first-order valence-corrected chi connectivity index (χ1v) is 16.2. The Bertz CT molecular complexity index is 1380. The molecule has 246 valence electrons. The summed E-state index contributed by atoms with van der Waals surface area (Å²) in [6.45, 7) is 8.88. The van der Waals surface area contributed by atoms with Crippen LogP contribution in [0.2, 0.25) is 0 Å². The van der Waals surface area contributed by atoms with Gasteiger partial charge in [0, 0.05) is 17.5 Å². The molecule has 5 aliphatic rings. The fourth-order valence-electron chi connectivity index (χ4n) is 10.4. The zero-order valence-corrected chi connectivity index (χ0v) is 27.5. The molecule has 4 aliphatic carbocycles. The number of carbonyl (C=O) groups is 3. The molecule has 10 heteroatoms. The van der Waals surface area contributed by atoms with Crippen molar-refractivity contribution in [2.45, 2.75) is 65.8 Å². The molecular formula is C35H47NO9. The average molecular weight is 626 g/mol. The summed E-state index contributed by atoms with van der Waals surface area (Å²) in [6, 6.07) is 3.26. The Kier molecular flexibility index (Phi) is 8.00. The first kappa shape index (κ1) is 31.9. The van der Waals surface area contributed by atoms with Crippen LogP contribution >= 0.6 is 0 Å². The number of hydrogen-bond acceptors (Lipinski definition) is 8. The molecule has 1 N–H and O–H groups in total. The first-order chi connectivity index (χ1) is 21.4. The van der Waals surface area contributed by atoms with Crippen molar-refractivity contribution < 1.29 is 43.2 Å². The molecule has 1 aromatic carbocycles. The van der Waals surface area contributed by atoms with E-state index in [-0.39, 0.29) is 48.8 Å². The average Bonchev–Trinajstić information content (AvgIpc) is 3.60. The highest BCUT2D eigenvalue weighted by Gasteiger charge is 2.84. The minimum atomic E-state index is -1.32. The van der Waals surface area contributed by atoms with Crippen LogP contribution < -0.4 is 14.2 Å². The Balaban J connectivity index is 1.31. The number of benzene rings is 1. The number of rotatable bonds is 10. The van der Waals surface area contributed by atoms with Crippen molar-refractivity contribution >= 4 is 18.2 Å². The molecule has 10 nitrogen and oxygen atoms in total.